The molecule has 0 amide bonds. The second-order valence-corrected chi connectivity index (χ2v) is 4.18. The first-order valence-corrected chi connectivity index (χ1v) is 5.64. The van der Waals surface area contributed by atoms with Crippen molar-refractivity contribution in [2.75, 3.05) is 13.7 Å². The van der Waals surface area contributed by atoms with Crippen LogP contribution in [0, 0.1) is 0 Å². The number of hydrazine groups is 1. The van der Waals surface area contributed by atoms with Crippen molar-refractivity contribution in [1.82, 2.24) is 5.43 Å². The van der Waals surface area contributed by atoms with Crippen LogP contribution in [0.3, 0.4) is 0 Å². The standard InChI is InChI=1S/C10H14N2O2S/c1-13-7-5-9(15-6-7)10(12-11)8-3-2-4-14-8/h3,5-6,10,12H,2,4,11H2,1H3. The van der Waals surface area contributed by atoms with Crippen molar-refractivity contribution in [3.8, 4) is 5.75 Å². The topological polar surface area (TPSA) is 56.5 Å². The largest absolute Gasteiger partial charge is 0.496 e. The molecule has 0 radical (unpaired) electrons. The summed E-state index contributed by atoms with van der Waals surface area (Å²) in [6, 6.07) is 1.92. The molecule has 0 aliphatic carbocycles. The Morgan fingerprint density at radius 1 is 1.67 bits per heavy atom. The van der Waals surface area contributed by atoms with E-state index < -0.39 is 0 Å². The van der Waals surface area contributed by atoms with Crippen molar-refractivity contribution in [2.45, 2.75) is 12.5 Å². The Morgan fingerprint density at radius 2 is 2.53 bits per heavy atom. The zero-order valence-corrected chi connectivity index (χ0v) is 9.34. The summed E-state index contributed by atoms with van der Waals surface area (Å²) >= 11 is 1.61. The number of rotatable bonds is 4. The van der Waals surface area contributed by atoms with Crippen LogP contribution < -0.4 is 16.0 Å². The van der Waals surface area contributed by atoms with Crippen LogP contribution in [0.2, 0.25) is 0 Å². The lowest BCUT2D eigenvalue weighted by Crippen LogP contribution is -2.29. The highest BCUT2D eigenvalue weighted by atomic mass is 32.1. The van der Waals surface area contributed by atoms with E-state index in [0.29, 0.717) is 0 Å². The third kappa shape index (κ3) is 2.14. The minimum Gasteiger partial charge on any atom is -0.496 e. The van der Waals surface area contributed by atoms with E-state index in [1.807, 2.05) is 11.4 Å². The molecule has 1 aromatic heterocycles. The van der Waals surface area contributed by atoms with Gasteiger partial charge in [0.05, 0.1) is 13.7 Å². The Labute approximate surface area is 92.7 Å². The molecule has 1 aliphatic rings. The highest BCUT2D eigenvalue weighted by molar-refractivity contribution is 7.10. The monoisotopic (exact) mass is 226 g/mol. The fraction of sp³-hybridized carbons (Fsp3) is 0.400. The Kier molecular flexibility index (Phi) is 3.25. The summed E-state index contributed by atoms with van der Waals surface area (Å²) in [4.78, 5) is 1.10. The van der Waals surface area contributed by atoms with E-state index in [1.165, 1.54) is 0 Å². The maximum absolute atomic E-state index is 5.53. The first-order chi connectivity index (χ1) is 7.35. The molecule has 4 nitrogen and oxygen atoms in total. The Bertz CT molecular complexity index is 362. The zero-order valence-electron chi connectivity index (χ0n) is 8.53. The fourth-order valence-corrected chi connectivity index (χ4v) is 2.46. The molecule has 5 heteroatoms. The number of nitrogens with two attached hydrogens (primary N) is 1. The van der Waals surface area contributed by atoms with Crippen LogP contribution in [0.15, 0.2) is 23.3 Å². The summed E-state index contributed by atoms with van der Waals surface area (Å²) in [6.45, 7) is 0.746. The molecule has 1 aromatic rings. The number of hydrogen-bond donors (Lipinski definition) is 2. The van der Waals surface area contributed by atoms with Gasteiger partial charge in [0.25, 0.3) is 0 Å². The van der Waals surface area contributed by atoms with Crippen LogP contribution in [0.5, 0.6) is 5.75 Å². The van der Waals surface area contributed by atoms with E-state index in [2.05, 4.69) is 11.5 Å². The van der Waals surface area contributed by atoms with E-state index in [1.54, 1.807) is 18.4 Å². The maximum atomic E-state index is 5.53. The Balaban J connectivity index is 2.18. The van der Waals surface area contributed by atoms with Crippen LogP contribution >= 0.6 is 11.3 Å². The number of methoxy groups -OCH3 is 1. The summed E-state index contributed by atoms with van der Waals surface area (Å²) in [5, 5.41) is 1.95. The smallest absolute Gasteiger partial charge is 0.129 e. The lowest BCUT2D eigenvalue weighted by atomic mass is 10.2. The number of thiophene rings is 1. The predicted octanol–water partition coefficient (Wildman–Crippen LogP) is 1.57. The lowest BCUT2D eigenvalue weighted by Gasteiger charge is -2.15. The van der Waals surface area contributed by atoms with E-state index >= 15 is 0 Å². The van der Waals surface area contributed by atoms with E-state index in [0.717, 1.165) is 29.4 Å². The number of nitrogens with one attached hydrogen (secondary N) is 1. The second-order valence-electron chi connectivity index (χ2n) is 3.23. The highest BCUT2D eigenvalue weighted by Crippen LogP contribution is 2.32. The molecule has 2 heterocycles. The van der Waals surface area contributed by atoms with Crippen molar-refractivity contribution in [3.05, 3.63) is 28.2 Å². The average molecular weight is 226 g/mol. The second kappa shape index (κ2) is 4.65. The van der Waals surface area contributed by atoms with Gasteiger partial charge in [-0.3, -0.25) is 5.84 Å². The highest BCUT2D eigenvalue weighted by Gasteiger charge is 2.21. The average Bonchev–Trinajstić information content (AvgIpc) is 2.89. The summed E-state index contributed by atoms with van der Waals surface area (Å²) in [5.74, 6) is 7.29. The minimum absolute atomic E-state index is 0.0543. The molecular formula is C10H14N2O2S. The third-order valence-electron chi connectivity index (χ3n) is 2.30. The van der Waals surface area contributed by atoms with Crippen molar-refractivity contribution >= 4 is 11.3 Å². The van der Waals surface area contributed by atoms with E-state index in [-0.39, 0.29) is 6.04 Å². The quantitative estimate of drug-likeness (QED) is 0.604. The van der Waals surface area contributed by atoms with Gasteiger partial charge < -0.3 is 9.47 Å². The van der Waals surface area contributed by atoms with Gasteiger partial charge in [0, 0.05) is 16.7 Å². The van der Waals surface area contributed by atoms with Crippen LogP contribution in [0.4, 0.5) is 0 Å². The maximum Gasteiger partial charge on any atom is 0.129 e. The summed E-state index contributed by atoms with van der Waals surface area (Å²) in [7, 11) is 1.65. The third-order valence-corrected chi connectivity index (χ3v) is 3.28. The minimum atomic E-state index is -0.0543. The van der Waals surface area contributed by atoms with Gasteiger partial charge in [0.1, 0.15) is 17.6 Å². The molecule has 82 valence electrons. The van der Waals surface area contributed by atoms with Gasteiger partial charge in [-0.25, -0.2) is 5.43 Å². The van der Waals surface area contributed by atoms with E-state index in [9.17, 15) is 0 Å². The van der Waals surface area contributed by atoms with Gasteiger partial charge in [0.15, 0.2) is 0 Å². The van der Waals surface area contributed by atoms with Crippen LogP contribution in [-0.4, -0.2) is 13.7 Å². The molecule has 0 bridgehead atoms. The van der Waals surface area contributed by atoms with Crippen molar-refractivity contribution in [3.63, 3.8) is 0 Å². The number of hydrogen-bond acceptors (Lipinski definition) is 5. The molecule has 15 heavy (non-hydrogen) atoms. The summed E-state index contributed by atoms with van der Waals surface area (Å²) in [6.07, 6.45) is 3.02. The Morgan fingerprint density at radius 3 is 3.07 bits per heavy atom. The molecule has 2 rings (SSSR count). The number of ether oxygens (including phenoxy) is 2. The SMILES string of the molecule is COc1csc(C(NN)C2=CCCO2)c1. The van der Waals surface area contributed by atoms with Gasteiger partial charge >= 0.3 is 0 Å². The lowest BCUT2D eigenvalue weighted by molar-refractivity contribution is 0.216. The summed E-state index contributed by atoms with van der Waals surface area (Å²) in [5.41, 5.74) is 2.76. The van der Waals surface area contributed by atoms with Crippen LogP contribution in [0.1, 0.15) is 17.3 Å². The predicted molar refractivity (Wildman–Crippen MR) is 59.6 cm³/mol. The molecule has 0 fully saturated rings. The Hall–Kier alpha value is -1.04. The van der Waals surface area contributed by atoms with Crippen LogP contribution in [-0.2, 0) is 4.74 Å². The van der Waals surface area contributed by atoms with E-state index in [4.69, 9.17) is 15.3 Å². The van der Waals surface area contributed by atoms with Crippen molar-refractivity contribution < 1.29 is 9.47 Å². The molecule has 0 aromatic carbocycles. The first kappa shape index (κ1) is 10.5. The van der Waals surface area contributed by atoms with Crippen molar-refractivity contribution in [2.24, 2.45) is 5.84 Å². The van der Waals surface area contributed by atoms with Gasteiger partial charge in [-0.05, 0) is 12.1 Å². The first-order valence-electron chi connectivity index (χ1n) is 4.76. The summed E-state index contributed by atoms with van der Waals surface area (Å²) < 4.78 is 10.6. The molecule has 1 atom stereocenters. The molecule has 0 saturated carbocycles. The molecule has 0 saturated heterocycles. The van der Waals surface area contributed by atoms with Gasteiger partial charge in [-0.15, -0.1) is 11.3 Å². The molecular weight excluding hydrogens is 212 g/mol. The fourth-order valence-electron chi connectivity index (χ4n) is 1.54. The van der Waals surface area contributed by atoms with Crippen LogP contribution in [0.25, 0.3) is 0 Å². The zero-order chi connectivity index (χ0) is 10.7. The molecule has 1 unspecified atom stereocenters. The van der Waals surface area contributed by atoms with Gasteiger partial charge in [0.2, 0.25) is 0 Å². The van der Waals surface area contributed by atoms with Gasteiger partial charge in [-0.1, -0.05) is 0 Å². The normalized spacial score (nSPS) is 17.1. The van der Waals surface area contributed by atoms with Gasteiger partial charge in [-0.2, -0.15) is 0 Å². The molecule has 1 aliphatic heterocycles. The van der Waals surface area contributed by atoms with Crippen molar-refractivity contribution in [1.29, 1.82) is 0 Å². The molecule has 3 N–H and O–H groups in total. The molecule has 0 spiro atoms.